The van der Waals surface area contributed by atoms with Gasteiger partial charge < -0.3 is 10.1 Å². The van der Waals surface area contributed by atoms with Gasteiger partial charge in [0.05, 0.1) is 0 Å². The van der Waals surface area contributed by atoms with Gasteiger partial charge >= 0.3 is 5.97 Å². The predicted molar refractivity (Wildman–Crippen MR) is 93.6 cm³/mol. The first kappa shape index (κ1) is 21.1. The number of carbonyl (C=O) groups excluding carboxylic acids is 4. The Hall–Kier alpha value is -1.98. The highest BCUT2D eigenvalue weighted by Crippen LogP contribution is 2.13. The standard InChI is InChI=1S/C19H29NO5/c1-3-5-6-7-8-9-16(21)17(22)12-10-14(4-2)25-19(24)15-11-13-18(23)20-15/h10,15H,3-9,11-13H2,1-2H3,(H,20,23)/t15-/m0/s1. The Morgan fingerprint density at radius 1 is 1.12 bits per heavy atom. The van der Waals surface area contributed by atoms with E-state index in [1.807, 2.05) is 0 Å². The normalized spacial score (nSPS) is 17.3. The quantitative estimate of drug-likeness (QED) is 0.253. The van der Waals surface area contributed by atoms with Crippen molar-refractivity contribution in [1.82, 2.24) is 5.32 Å². The predicted octanol–water partition coefficient (Wildman–Crippen LogP) is 2.99. The van der Waals surface area contributed by atoms with Gasteiger partial charge in [0.2, 0.25) is 11.7 Å². The minimum Gasteiger partial charge on any atom is -0.430 e. The molecule has 1 aliphatic heterocycles. The van der Waals surface area contributed by atoms with Gasteiger partial charge in [0, 0.05) is 25.7 Å². The van der Waals surface area contributed by atoms with E-state index in [0.29, 0.717) is 25.0 Å². The largest absolute Gasteiger partial charge is 0.430 e. The molecular formula is C19H29NO5. The molecule has 0 aliphatic carbocycles. The van der Waals surface area contributed by atoms with Crippen LogP contribution in [0.5, 0.6) is 0 Å². The van der Waals surface area contributed by atoms with E-state index in [0.717, 1.165) is 32.1 Å². The number of hydrogen-bond acceptors (Lipinski definition) is 5. The van der Waals surface area contributed by atoms with Crippen LogP contribution in [-0.4, -0.2) is 29.5 Å². The van der Waals surface area contributed by atoms with E-state index >= 15 is 0 Å². The number of esters is 1. The average Bonchev–Trinajstić information content (AvgIpc) is 3.04. The van der Waals surface area contributed by atoms with Crippen LogP contribution in [0.3, 0.4) is 0 Å². The highest BCUT2D eigenvalue weighted by atomic mass is 16.5. The van der Waals surface area contributed by atoms with Crippen molar-refractivity contribution in [1.29, 1.82) is 0 Å². The van der Waals surface area contributed by atoms with Crippen molar-refractivity contribution in [2.45, 2.75) is 84.1 Å². The van der Waals surface area contributed by atoms with E-state index in [-0.39, 0.29) is 24.5 Å². The summed E-state index contributed by atoms with van der Waals surface area (Å²) >= 11 is 0. The van der Waals surface area contributed by atoms with E-state index in [1.54, 1.807) is 6.92 Å². The summed E-state index contributed by atoms with van der Waals surface area (Å²) in [7, 11) is 0. The molecule has 0 saturated carbocycles. The molecule has 1 saturated heterocycles. The number of allylic oxidation sites excluding steroid dienone is 2. The molecule has 0 bridgehead atoms. The molecule has 1 aliphatic rings. The van der Waals surface area contributed by atoms with Crippen LogP contribution in [0.25, 0.3) is 0 Å². The second kappa shape index (κ2) is 11.6. The Bertz CT molecular complexity index is 524. The fourth-order valence-electron chi connectivity index (χ4n) is 2.60. The van der Waals surface area contributed by atoms with Crippen molar-refractivity contribution in [3.05, 3.63) is 11.8 Å². The minimum atomic E-state index is -0.622. The van der Waals surface area contributed by atoms with Crippen LogP contribution in [0.4, 0.5) is 0 Å². The fraction of sp³-hybridized carbons (Fsp3) is 0.684. The molecule has 1 fully saturated rings. The van der Waals surface area contributed by atoms with Crippen molar-refractivity contribution in [2.24, 2.45) is 0 Å². The maximum Gasteiger partial charge on any atom is 0.333 e. The average molecular weight is 351 g/mol. The number of hydrogen-bond donors (Lipinski definition) is 1. The van der Waals surface area contributed by atoms with Crippen molar-refractivity contribution >= 4 is 23.4 Å². The van der Waals surface area contributed by atoms with Gasteiger partial charge in [-0.2, -0.15) is 0 Å². The molecule has 0 aromatic heterocycles. The van der Waals surface area contributed by atoms with Gasteiger partial charge in [0.1, 0.15) is 11.8 Å². The summed E-state index contributed by atoms with van der Waals surface area (Å²) in [5.74, 6) is -1.14. The second-order valence-corrected chi connectivity index (χ2v) is 6.32. The molecule has 0 spiro atoms. The highest BCUT2D eigenvalue weighted by Gasteiger charge is 2.29. The third-order valence-electron chi connectivity index (χ3n) is 4.19. The molecule has 0 aromatic carbocycles. The number of carbonyl (C=O) groups is 4. The van der Waals surface area contributed by atoms with E-state index in [2.05, 4.69) is 12.2 Å². The van der Waals surface area contributed by atoms with Crippen LogP contribution < -0.4 is 5.32 Å². The summed E-state index contributed by atoms with van der Waals surface area (Å²) in [6.45, 7) is 3.92. The van der Waals surface area contributed by atoms with Gasteiger partial charge in [-0.15, -0.1) is 0 Å². The zero-order valence-electron chi connectivity index (χ0n) is 15.3. The first-order valence-electron chi connectivity index (χ1n) is 9.24. The van der Waals surface area contributed by atoms with E-state index in [4.69, 9.17) is 4.74 Å². The first-order chi connectivity index (χ1) is 12.0. The summed E-state index contributed by atoms with van der Waals surface area (Å²) in [6.07, 6.45) is 7.98. The van der Waals surface area contributed by atoms with Gasteiger partial charge in [0.15, 0.2) is 5.78 Å². The van der Waals surface area contributed by atoms with E-state index in [9.17, 15) is 19.2 Å². The van der Waals surface area contributed by atoms with Gasteiger partial charge in [-0.25, -0.2) is 4.79 Å². The molecule has 6 heteroatoms. The summed E-state index contributed by atoms with van der Waals surface area (Å²) in [5, 5.41) is 2.54. The van der Waals surface area contributed by atoms with Crippen LogP contribution >= 0.6 is 0 Å². The molecule has 25 heavy (non-hydrogen) atoms. The summed E-state index contributed by atoms with van der Waals surface area (Å²) in [5.41, 5.74) is 0. The van der Waals surface area contributed by atoms with Crippen LogP contribution in [0.15, 0.2) is 11.8 Å². The van der Waals surface area contributed by atoms with Gasteiger partial charge in [-0.05, 0) is 18.9 Å². The molecule has 1 atom stereocenters. The van der Waals surface area contributed by atoms with Crippen molar-refractivity contribution in [2.75, 3.05) is 0 Å². The first-order valence-corrected chi connectivity index (χ1v) is 9.24. The fourth-order valence-corrected chi connectivity index (χ4v) is 2.60. The molecule has 1 heterocycles. The van der Waals surface area contributed by atoms with Crippen molar-refractivity contribution in [3.8, 4) is 0 Å². The lowest BCUT2D eigenvalue weighted by molar-refractivity contribution is -0.142. The molecule has 1 N–H and O–H groups in total. The third-order valence-corrected chi connectivity index (χ3v) is 4.19. The van der Waals surface area contributed by atoms with Crippen molar-refractivity contribution in [3.63, 3.8) is 0 Å². The number of amides is 1. The number of ether oxygens (including phenoxy) is 1. The second-order valence-electron chi connectivity index (χ2n) is 6.32. The Morgan fingerprint density at radius 3 is 2.44 bits per heavy atom. The Balaban J connectivity index is 2.37. The molecular weight excluding hydrogens is 322 g/mol. The van der Waals surface area contributed by atoms with Crippen molar-refractivity contribution < 1.29 is 23.9 Å². The maximum absolute atomic E-state index is 11.9. The Kier molecular flexibility index (Phi) is 9.73. The zero-order chi connectivity index (χ0) is 18.7. The van der Waals surface area contributed by atoms with E-state index in [1.165, 1.54) is 6.08 Å². The summed E-state index contributed by atoms with van der Waals surface area (Å²) < 4.78 is 5.23. The lowest BCUT2D eigenvalue weighted by Crippen LogP contribution is -2.34. The molecule has 0 radical (unpaired) electrons. The minimum absolute atomic E-state index is 0.0543. The molecule has 0 unspecified atom stereocenters. The molecule has 140 valence electrons. The number of unbranched alkanes of at least 4 members (excludes halogenated alkanes) is 4. The number of nitrogens with one attached hydrogen (secondary N) is 1. The Morgan fingerprint density at radius 2 is 1.84 bits per heavy atom. The van der Waals surface area contributed by atoms with Crippen LogP contribution in [0.2, 0.25) is 0 Å². The summed E-state index contributed by atoms with van der Waals surface area (Å²) in [6, 6.07) is -0.622. The number of rotatable bonds is 12. The van der Waals surface area contributed by atoms with Gasteiger partial charge in [-0.3, -0.25) is 14.4 Å². The monoisotopic (exact) mass is 351 g/mol. The SMILES string of the molecule is CCCCCCCC(=O)C(=O)CC=C(CC)OC(=O)[C@@H]1CCC(=O)N1. The zero-order valence-corrected chi connectivity index (χ0v) is 15.3. The highest BCUT2D eigenvalue weighted by molar-refractivity contribution is 6.37. The third kappa shape index (κ3) is 8.09. The molecule has 0 aromatic rings. The smallest absolute Gasteiger partial charge is 0.333 e. The van der Waals surface area contributed by atoms with Gasteiger partial charge in [-0.1, -0.05) is 39.5 Å². The lowest BCUT2D eigenvalue weighted by atomic mass is 10.0. The number of ketones is 2. The lowest BCUT2D eigenvalue weighted by Gasteiger charge is -2.11. The van der Waals surface area contributed by atoms with Gasteiger partial charge in [0.25, 0.3) is 0 Å². The Labute approximate surface area is 149 Å². The molecule has 6 nitrogen and oxygen atoms in total. The summed E-state index contributed by atoms with van der Waals surface area (Å²) in [4.78, 5) is 46.8. The molecule has 1 rings (SSSR count). The topological polar surface area (TPSA) is 89.5 Å². The van der Waals surface area contributed by atoms with Crippen LogP contribution in [-0.2, 0) is 23.9 Å². The molecule has 1 amide bonds. The van der Waals surface area contributed by atoms with Crippen LogP contribution in [0.1, 0.15) is 78.1 Å². The maximum atomic E-state index is 11.9. The van der Waals surface area contributed by atoms with E-state index < -0.39 is 17.8 Å². The number of Topliss-reactive ketones (excluding diaryl/α,β-unsaturated/α-hetero) is 2. The van der Waals surface area contributed by atoms with Crippen LogP contribution in [0, 0.1) is 0 Å².